The van der Waals surface area contributed by atoms with E-state index in [2.05, 4.69) is 44.7 Å². The minimum absolute atomic E-state index is 0.234. The van der Waals surface area contributed by atoms with Crippen molar-refractivity contribution in [3.8, 4) is 0 Å². The Balaban J connectivity index is 2.66. The maximum atomic E-state index is 12.0. The van der Waals surface area contributed by atoms with Gasteiger partial charge in [-0.25, -0.2) is 0 Å². The zero-order chi connectivity index (χ0) is 13.0. The van der Waals surface area contributed by atoms with E-state index < -0.39 is 16.1 Å². The van der Waals surface area contributed by atoms with Crippen molar-refractivity contribution in [2.24, 2.45) is 0 Å². The minimum Gasteiger partial charge on any atom is -0.289 e. The number of ketones is 1. The van der Waals surface area contributed by atoms with E-state index >= 15 is 0 Å². The number of carbonyl (C=O) groups is 1. The summed E-state index contributed by atoms with van der Waals surface area (Å²) in [6.07, 6.45) is 1.91. The van der Waals surface area contributed by atoms with Crippen LogP contribution in [0.25, 0.3) is 5.20 Å². The number of hydrogen-bond donors (Lipinski definition) is 0. The van der Waals surface area contributed by atoms with Crippen LogP contribution in [0.5, 0.6) is 0 Å². The van der Waals surface area contributed by atoms with E-state index in [1.165, 1.54) is 15.3 Å². The summed E-state index contributed by atoms with van der Waals surface area (Å²) in [5, 5.41) is 3.45. The molecule has 1 heterocycles. The molecule has 0 amide bonds. The molecule has 1 aromatic rings. The van der Waals surface area contributed by atoms with Crippen LogP contribution in [0, 0.1) is 0 Å². The Hall–Kier alpha value is -0.456. The van der Waals surface area contributed by atoms with Crippen molar-refractivity contribution in [3.05, 3.63) is 22.6 Å². The normalized spacial score (nSPS) is 16.1. The average Bonchev–Trinajstić information content (AvgIpc) is 2.63. The van der Waals surface area contributed by atoms with Gasteiger partial charge in [0.05, 0.1) is 16.1 Å². The molecule has 0 saturated heterocycles. The second kappa shape index (κ2) is 3.77. The quantitative estimate of drug-likeness (QED) is 0.754. The Labute approximate surface area is 110 Å². The van der Waals surface area contributed by atoms with Gasteiger partial charge in [0, 0.05) is 10.9 Å². The highest BCUT2D eigenvalue weighted by Gasteiger charge is 2.36. The fourth-order valence-electron chi connectivity index (χ4n) is 2.23. The second-order valence-corrected chi connectivity index (χ2v) is 18.1. The minimum atomic E-state index is -1.42. The second-order valence-electron chi connectivity index (χ2n) is 6.78. The molecule has 92 valence electrons. The number of fused-ring (bicyclic) bond motifs is 1. The van der Waals surface area contributed by atoms with Gasteiger partial charge in [-0.3, -0.25) is 4.79 Å². The lowest BCUT2D eigenvalue weighted by Crippen LogP contribution is -2.39. The zero-order valence-electron chi connectivity index (χ0n) is 11.5. The SMILES string of the molecule is C[Si](C)(C)C1=CC(=O)c2csc([Si](C)(C)C)c21. The van der Waals surface area contributed by atoms with Gasteiger partial charge in [-0.2, -0.15) is 11.3 Å². The van der Waals surface area contributed by atoms with E-state index in [9.17, 15) is 4.79 Å². The molecular formula is C13H20OSSi2. The van der Waals surface area contributed by atoms with E-state index in [4.69, 9.17) is 0 Å². The number of hydrogen-bond acceptors (Lipinski definition) is 2. The first kappa shape index (κ1) is 13.0. The van der Waals surface area contributed by atoms with Crippen LogP contribution < -0.4 is 4.50 Å². The monoisotopic (exact) mass is 280 g/mol. The Morgan fingerprint density at radius 1 is 1.00 bits per heavy atom. The number of allylic oxidation sites excluding steroid dienone is 1. The van der Waals surface area contributed by atoms with Crippen molar-refractivity contribution in [1.29, 1.82) is 0 Å². The molecule has 0 atom stereocenters. The van der Waals surface area contributed by atoms with Crippen LogP contribution in [0.3, 0.4) is 0 Å². The molecule has 17 heavy (non-hydrogen) atoms. The Morgan fingerprint density at radius 2 is 1.59 bits per heavy atom. The van der Waals surface area contributed by atoms with Crippen LogP contribution >= 0.6 is 11.3 Å². The first-order valence-electron chi connectivity index (χ1n) is 6.01. The molecule has 0 saturated carbocycles. The molecule has 0 bridgehead atoms. The van der Waals surface area contributed by atoms with Crippen molar-refractivity contribution >= 4 is 43.0 Å². The summed E-state index contributed by atoms with van der Waals surface area (Å²) in [5.41, 5.74) is 2.31. The summed E-state index contributed by atoms with van der Waals surface area (Å²) < 4.78 is 1.51. The van der Waals surface area contributed by atoms with Gasteiger partial charge in [0.15, 0.2) is 5.78 Å². The molecule has 1 aliphatic carbocycles. The van der Waals surface area contributed by atoms with Crippen molar-refractivity contribution in [3.63, 3.8) is 0 Å². The predicted octanol–water partition coefficient (Wildman–Crippen LogP) is 3.75. The van der Waals surface area contributed by atoms with E-state index in [0.717, 1.165) is 5.56 Å². The summed E-state index contributed by atoms with van der Waals surface area (Å²) >= 11 is 1.80. The topological polar surface area (TPSA) is 17.1 Å². The third kappa shape index (κ3) is 2.14. The van der Waals surface area contributed by atoms with Crippen molar-refractivity contribution < 1.29 is 4.79 Å². The molecule has 0 radical (unpaired) electrons. The molecule has 1 aliphatic rings. The Kier molecular flexibility index (Phi) is 2.88. The lowest BCUT2D eigenvalue weighted by atomic mass is 10.2. The predicted molar refractivity (Wildman–Crippen MR) is 83.0 cm³/mol. The van der Waals surface area contributed by atoms with Crippen molar-refractivity contribution in [2.75, 3.05) is 0 Å². The third-order valence-electron chi connectivity index (χ3n) is 3.09. The van der Waals surface area contributed by atoms with Crippen molar-refractivity contribution in [1.82, 2.24) is 0 Å². The number of carbonyl (C=O) groups excluding carboxylic acids is 1. The van der Waals surface area contributed by atoms with Gasteiger partial charge >= 0.3 is 0 Å². The molecule has 0 spiro atoms. The highest BCUT2D eigenvalue weighted by Crippen LogP contribution is 2.36. The number of thiophene rings is 1. The van der Waals surface area contributed by atoms with Crippen LogP contribution in [0.1, 0.15) is 15.9 Å². The molecule has 2 rings (SSSR count). The van der Waals surface area contributed by atoms with E-state index in [1.54, 1.807) is 11.3 Å². The highest BCUT2D eigenvalue weighted by atomic mass is 32.1. The van der Waals surface area contributed by atoms with Gasteiger partial charge in [-0.15, -0.1) is 0 Å². The van der Waals surface area contributed by atoms with Gasteiger partial charge in [0.1, 0.15) is 0 Å². The van der Waals surface area contributed by atoms with Crippen LogP contribution in [-0.2, 0) is 0 Å². The first-order chi connectivity index (χ1) is 7.62. The van der Waals surface area contributed by atoms with Crippen LogP contribution in [0.15, 0.2) is 11.5 Å². The summed E-state index contributed by atoms with van der Waals surface area (Å²) in [6.45, 7) is 14.1. The summed E-state index contributed by atoms with van der Waals surface area (Å²) in [7, 11) is -2.76. The Morgan fingerprint density at radius 3 is 2.06 bits per heavy atom. The van der Waals surface area contributed by atoms with Crippen LogP contribution in [-0.4, -0.2) is 21.9 Å². The molecule has 0 unspecified atom stereocenters. The van der Waals surface area contributed by atoms with Gasteiger partial charge in [0.2, 0.25) is 0 Å². The summed E-state index contributed by atoms with van der Waals surface area (Å²) in [4.78, 5) is 12.0. The maximum absolute atomic E-state index is 12.0. The fraction of sp³-hybridized carbons (Fsp3) is 0.462. The molecule has 1 nitrogen and oxygen atoms in total. The number of rotatable bonds is 2. The standard InChI is InChI=1S/C13H20OSSi2/c1-16(2,3)11-7-10(14)9-8-15-13(12(9)11)17(4,5)6/h7-8H,1-6H3. The lowest BCUT2D eigenvalue weighted by molar-refractivity contribution is 0.105. The fourth-order valence-corrected chi connectivity index (χ4v) is 7.44. The van der Waals surface area contributed by atoms with Gasteiger partial charge < -0.3 is 0 Å². The highest BCUT2D eigenvalue weighted by molar-refractivity contribution is 7.26. The summed E-state index contributed by atoms with van der Waals surface area (Å²) in [5.74, 6) is 0.234. The van der Waals surface area contributed by atoms with Crippen LogP contribution in [0.4, 0.5) is 0 Å². The smallest absolute Gasteiger partial charge is 0.187 e. The lowest BCUT2D eigenvalue weighted by Gasteiger charge is -2.23. The molecule has 1 aromatic heterocycles. The van der Waals surface area contributed by atoms with Gasteiger partial charge in [-0.1, -0.05) is 39.3 Å². The molecule has 0 fully saturated rings. The van der Waals surface area contributed by atoms with Crippen molar-refractivity contribution in [2.45, 2.75) is 39.3 Å². The zero-order valence-corrected chi connectivity index (χ0v) is 14.3. The molecule has 0 N–H and O–H groups in total. The molecule has 0 aliphatic heterocycles. The molecular weight excluding hydrogens is 260 g/mol. The Bertz CT molecular complexity index is 513. The largest absolute Gasteiger partial charge is 0.289 e. The third-order valence-corrected chi connectivity index (χ3v) is 9.70. The van der Waals surface area contributed by atoms with E-state index in [1.807, 2.05) is 6.08 Å². The van der Waals surface area contributed by atoms with Gasteiger partial charge in [0.25, 0.3) is 0 Å². The maximum Gasteiger partial charge on any atom is 0.187 e. The summed E-state index contributed by atoms with van der Waals surface area (Å²) in [6, 6.07) is 0. The van der Waals surface area contributed by atoms with Gasteiger partial charge in [-0.05, 0) is 21.3 Å². The van der Waals surface area contributed by atoms with E-state index in [-0.39, 0.29) is 5.78 Å². The average molecular weight is 281 g/mol. The van der Waals surface area contributed by atoms with E-state index in [0.29, 0.717) is 0 Å². The van der Waals surface area contributed by atoms with Crippen LogP contribution in [0.2, 0.25) is 39.3 Å². The molecule has 0 aromatic carbocycles. The molecule has 4 heteroatoms. The first-order valence-corrected chi connectivity index (χ1v) is 13.9.